The Morgan fingerprint density at radius 3 is 3.27 bits per heavy atom. The third-order valence-electron chi connectivity index (χ3n) is 1.70. The molecule has 0 aliphatic heterocycles. The van der Waals surface area contributed by atoms with Gasteiger partial charge in [0.2, 0.25) is 0 Å². The number of fused-ring (bicyclic) bond motifs is 1. The fourth-order valence-electron chi connectivity index (χ4n) is 1.04. The molecule has 11 heavy (non-hydrogen) atoms. The van der Waals surface area contributed by atoms with Crippen molar-refractivity contribution in [2.45, 2.75) is 13.3 Å². The molecule has 0 aliphatic rings. The van der Waals surface area contributed by atoms with Crippen LogP contribution in [-0.2, 0) is 6.42 Å². The smallest absolute Gasteiger partial charge is 0.0845 e. The van der Waals surface area contributed by atoms with Crippen molar-refractivity contribution < 1.29 is 0 Å². The summed E-state index contributed by atoms with van der Waals surface area (Å²) in [5, 5.41) is 4.10. The number of hydrogen-bond donors (Lipinski definition) is 0. The maximum absolute atomic E-state index is 4.24. The zero-order chi connectivity index (χ0) is 7.68. The Bertz CT molecular complexity index is 364. The van der Waals surface area contributed by atoms with Crippen LogP contribution in [0.15, 0.2) is 24.7 Å². The van der Waals surface area contributed by atoms with Crippen LogP contribution in [0.5, 0.6) is 0 Å². The molecule has 0 saturated carbocycles. The van der Waals surface area contributed by atoms with Gasteiger partial charge in [-0.15, -0.1) is 0 Å². The molecule has 0 saturated heterocycles. The van der Waals surface area contributed by atoms with Gasteiger partial charge in [0.1, 0.15) is 0 Å². The van der Waals surface area contributed by atoms with E-state index in [1.165, 1.54) is 0 Å². The van der Waals surface area contributed by atoms with Gasteiger partial charge in [-0.3, -0.25) is 4.98 Å². The molecule has 0 N–H and O–H groups in total. The SMILES string of the molecule is CCc1cn2nccc2cn1. The Morgan fingerprint density at radius 2 is 2.45 bits per heavy atom. The van der Waals surface area contributed by atoms with Crippen molar-refractivity contribution in [2.75, 3.05) is 0 Å². The van der Waals surface area contributed by atoms with Gasteiger partial charge >= 0.3 is 0 Å². The van der Waals surface area contributed by atoms with E-state index in [1.807, 2.05) is 23.0 Å². The predicted octanol–water partition coefficient (Wildman–Crippen LogP) is 1.29. The first kappa shape index (κ1) is 6.34. The summed E-state index contributed by atoms with van der Waals surface area (Å²) in [5.41, 5.74) is 2.11. The van der Waals surface area contributed by atoms with Gasteiger partial charge in [-0.05, 0) is 12.5 Å². The van der Waals surface area contributed by atoms with Crippen LogP contribution >= 0.6 is 0 Å². The Morgan fingerprint density at radius 1 is 1.55 bits per heavy atom. The lowest BCUT2D eigenvalue weighted by molar-refractivity contribution is 0.900. The maximum Gasteiger partial charge on any atom is 0.0845 e. The van der Waals surface area contributed by atoms with E-state index >= 15 is 0 Å². The summed E-state index contributed by atoms with van der Waals surface area (Å²) in [6.07, 6.45) is 6.52. The molecule has 0 bridgehead atoms. The molecule has 0 amide bonds. The van der Waals surface area contributed by atoms with E-state index < -0.39 is 0 Å². The number of rotatable bonds is 1. The number of nitrogens with zero attached hydrogens (tertiary/aromatic N) is 3. The lowest BCUT2D eigenvalue weighted by atomic mass is 10.3. The lowest BCUT2D eigenvalue weighted by Crippen LogP contribution is -1.92. The van der Waals surface area contributed by atoms with Gasteiger partial charge in [0.05, 0.1) is 29.8 Å². The Kier molecular flexibility index (Phi) is 1.35. The van der Waals surface area contributed by atoms with E-state index in [0.29, 0.717) is 0 Å². The summed E-state index contributed by atoms with van der Waals surface area (Å²) < 4.78 is 1.84. The molecule has 3 nitrogen and oxygen atoms in total. The van der Waals surface area contributed by atoms with Crippen molar-refractivity contribution in [3.8, 4) is 0 Å². The molecule has 0 aliphatic carbocycles. The summed E-state index contributed by atoms with van der Waals surface area (Å²) in [4.78, 5) is 4.24. The highest BCUT2D eigenvalue weighted by Crippen LogP contribution is 2.01. The molecule has 2 aromatic heterocycles. The second-order valence-corrected chi connectivity index (χ2v) is 2.43. The van der Waals surface area contributed by atoms with Crippen LogP contribution in [0.2, 0.25) is 0 Å². The summed E-state index contributed by atoms with van der Waals surface area (Å²) in [7, 11) is 0. The molecule has 2 rings (SSSR count). The minimum Gasteiger partial charge on any atom is -0.257 e. The van der Waals surface area contributed by atoms with Crippen molar-refractivity contribution in [3.05, 3.63) is 30.4 Å². The quantitative estimate of drug-likeness (QED) is 0.608. The largest absolute Gasteiger partial charge is 0.257 e. The van der Waals surface area contributed by atoms with Gasteiger partial charge in [0.25, 0.3) is 0 Å². The zero-order valence-electron chi connectivity index (χ0n) is 6.36. The van der Waals surface area contributed by atoms with Crippen LogP contribution in [0.4, 0.5) is 0 Å². The molecule has 0 radical (unpaired) electrons. The van der Waals surface area contributed by atoms with Crippen molar-refractivity contribution in [1.29, 1.82) is 0 Å². The minimum atomic E-state index is 0.954. The molecular formula is C8H9N3. The van der Waals surface area contributed by atoms with Crippen molar-refractivity contribution in [3.63, 3.8) is 0 Å². The maximum atomic E-state index is 4.24. The van der Waals surface area contributed by atoms with Gasteiger partial charge < -0.3 is 0 Å². The first-order chi connectivity index (χ1) is 5.40. The molecule has 0 atom stereocenters. The Labute approximate surface area is 64.7 Å². The monoisotopic (exact) mass is 147 g/mol. The fraction of sp³-hybridized carbons (Fsp3) is 0.250. The second-order valence-electron chi connectivity index (χ2n) is 2.43. The summed E-state index contributed by atoms with van der Waals surface area (Å²) in [5.74, 6) is 0. The molecule has 0 spiro atoms. The topological polar surface area (TPSA) is 30.2 Å². The average Bonchev–Trinajstić information content (AvgIpc) is 2.50. The third kappa shape index (κ3) is 0.981. The van der Waals surface area contributed by atoms with Gasteiger partial charge in [-0.25, -0.2) is 4.52 Å². The highest BCUT2D eigenvalue weighted by Gasteiger charge is 1.94. The van der Waals surface area contributed by atoms with E-state index in [-0.39, 0.29) is 0 Å². The van der Waals surface area contributed by atoms with Crippen LogP contribution in [0.3, 0.4) is 0 Å². The Balaban J connectivity index is 2.67. The van der Waals surface area contributed by atoms with E-state index in [9.17, 15) is 0 Å². The second kappa shape index (κ2) is 2.34. The molecule has 2 aromatic rings. The van der Waals surface area contributed by atoms with Gasteiger partial charge in [0, 0.05) is 0 Å². The van der Waals surface area contributed by atoms with Gasteiger partial charge in [-0.1, -0.05) is 6.92 Å². The first-order valence-corrected chi connectivity index (χ1v) is 3.68. The average molecular weight is 147 g/mol. The van der Waals surface area contributed by atoms with Gasteiger partial charge in [0.15, 0.2) is 0 Å². The number of aryl methyl sites for hydroxylation is 1. The van der Waals surface area contributed by atoms with Gasteiger partial charge in [-0.2, -0.15) is 5.10 Å². The number of hydrogen-bond acceptors (Lipinski definition) is 2. The normalized spacial score (nSPS) is 10.6. The van der Waals surface area contributed by atoms with Crippen LogP contribution in [0, 0.1) is 0 Å². The summed E-state index contributed by atoms with van der Waals surface area (Å²) in [6.45, 7) is 2.08. The highest BCUT2D eigenvalue weighted by molar-refractivity contribution is 5.42. The lowest BCUT2D eigenvalue weighted by Gasteiger charge is -1.95. The molecule has 0 fully saturated rings. The van der Waals surface area contributed by atoms with E-state index in [1.54, 1.807) is 6.20 Å². The van der Waals surface area contributed by atoms with Crippen LogP contribution in [0.25, 0.3) is 5.52 Å². The predicted molar refractivity (Wildman–Crippen MR) is 42.4 cm³/mol. The number of aromatic nitrogens is 3. The van der Waals surface area contributed by atoms with E-state index in [2.05, 4.69) is 17.0 Å². The molecule has 56 valence electrons. The molecule has 3 heteroatoms. The van der Waals surface area contributed by atoms with Crippen LogP contribution < -0.4 is 0 Å². The summed E-state index contributed by atoms with van der Waals surface area (Å²) in [6, 6.07) is 1.94. The molecule has 0 aromatic carbocycles. The minimum absolute atomic E-state index is 0.954. The van der Waals surface area contributed by atoms with Crippen LogP contribution in [-0.4, -0.2) is 14.6 Å². The molecular weight excluding hydrogens is 138 g/mol. The third-order valence-corrected chi connectivity index (χ3v) is 1.70. The Hall–Kier alpha value is -1.38. The van der Waals surface area contributed by atoms with Crippen molar-refractivity contribution in [2.24, 2.45) is 0 Å². The van der Waals surface area contributed by atoms with Crippen molar-refractivity contribution in [1.82, 2.24) is 14.6 Å². The molecule has 0 unspecified atom stereocenters. The van der Waals surface area contributed by atoms with Crippen molar-refractivity contribution >= 4 is 5.52 Å². The first-order valence-electron chi connectivity index (χ1n) is 3.68. The highest BCUT2D eigenvalue weighted by atomic mass is 15.2. The molecule has 2 heterocycles. The zero-order valence-corrected chi connectivity index (χ0v) is 6.36. The van der Waals surface area contributed by atoms with E-state index in [4.69, 9.17) is 0 Å². The van der Waals surface area contributed by atoms with E-state index in [0.717, 1.165) is 17.6 Å². The fourth-order valence-corrected chi connectivity index (χ4v) is 1.04. The standard InChI is InChI=1S/C8H9N3/c1-2-7-6-11-8(5-9-7)3-4-10-11/h3-6H,2H2,1H3. The van der Waals surface area contributed by atoms with Crippen LogP contribution in [0.1, 0.15) is 12.6 Å². The summed E-state index contributed by atoms with van der Waals surface area (Å²) >= 11 is 0.